The van der Waals surface area contributed by atoms with Crippen molar-refractivity contribution < 1.29 is 5.11 Å². The number of aliphatic hydroxyl groups excluding tert-OH is 1. The van der Waals surface area contributed by atoms with Gasteiger partial charge in [-0.2, -0.15) is 0 Å². The lowest BCUT2D eigenvalue weighted by Crippen LogP contribution is -1.95. The molecule has 0 aliphatic rings. The maximum atomic E-state index is 9.03. The topological polar surface area (TPSA) is 20.2 Å². The van der Waals surface area contributed by atoms with Gasteiger partial charge in [-0.15, -0.1) is 0 Å². The highest BCUT2D eigenvalue weighted by atomic mass is 16.3. The first-order valence-electron chi connectivity index (χ1n) is 5.60. The molecule has 0 aromatic heterocycles. The zero-order valence-corrected chi connectivity index (χ0v) is 10.2. The summed E-state index contributed by atoms with van der Waals surface area (Å²) in [7, 11) is 0. The summed E-state index contributed by atoms with van der Waals surface area (Å²) in [5.74, 6) is 0. The summed E-state index contributed by atoms with van der Waals surface area (Å²) in [5.41, 5.74) is 2.46. The quantitative estimate of drug-likeness (QED) is 0.797. The van der Waals surface area contributed by atoms with E-state index in [9.17, 15) is 0 Å². The maximum Gasteiger partial charge on any atom is 0.0546 e. The standard InChI is InChI=1S/C12H16O.C2H6/c1-10-5-3-7-12(9-10)8-4-6-11(2)13;1-2/h3-5,7-9,11,13H,6H2,1-2H3;1-2H3/b8-4+;/t11-;/m0./s1. The van der Waals surface area contributed by atoms with Gasteiger partial charge < -0.3 is 5.11 Å². The predicted molar refractivity (Wildman–Crippen MR) is 67.9 cm³/mol. The van der Waals surface area contributed by atoms with Crippen molar-refractivity contribution in [2.45, 2.75) is 40.2 Å². The van der Waals surface area contributed by atoms with E-state index in [0.717, 1.165) is 0 Å². The van der Waals surface area contributed by atoms with Crippen LogP contribution in [0.25, 0.3) is 6.08 Å². The van der Waals surface area contributed by atoms with Crippen molar-refractivity contribution >= 4 is 6.08 Å². The molecule has 1 aromatic carbocycles. The molecule has 84 valence electrons. The van der Waals surface area contributed by atoms with Crippen molar-refractivity contribution in [3.8, 4) is 0 Å². The molecule has 0 aliphatic heterocycles. The second kappa shape index (κ2) is 8.25. The van der Waals surface area contributed by atoms with Gasteiger partial charge in [0.1, 0.15) is 0 Å². The monoisotopic (exact) mass is 206 g/mol. The summed E-state index contributed by atoms with van der Waals surface area (Å²) in [4.78, 5) is 0. The van der Waals surface area contributed by atoms with E-state index in [-0.39, 0.29) is 6.10 Å². The molecule has 1 heteroatoms. The Balaban J connectivity index is 0.000000921. The van der Waals surface area contributed by atoms with E-state index in [1.165, 1.54) is 11.1 Å². The van der Waals surface area contributed by atoms with Crippen LogP contribution in [0.3, 0.4) is 0 Å². The molecule has 1 atom stereocenters. The molecule has 0 saturated carbocycles. The Morgan fingerprint density at radius 2 is 2.00 bits per heavy atom. The molecule has 0 spiro atoms. The maximum absolute atomic E-state index is 9.03. The third-order valence-electron chi connectivity index (χ3n) is 1.83. The SMILES string of the molecule is CC.Cc1cccc(/C=C/C[C@H](C)O)c1. The van der Waals surface area contributed by atoms with Crippen LogP contribution < -0.4 is 0 Å². The smallest absolute Gasteiger partial charge is 0.0546 e. The minimum Gasteiger partial charge on any atom is -0.393 e. The highest BCUT2D eigenvalue weighted by Crippen LogP contribution is 2.06. The Morgan fingerprint density at radius 3 is 2.53 bits per heavy atom. The van der Waals surface area contributed by atoms with Crippen molar-refractivity contribution in [3.63, 3.8) is 0 Å². The molecule has 0 bridgehead atoms. The molecule has 1 nitrogen and oxygen atoms in total. The van der Waals surface area contributed by atoms with E-state index in [4.69, 9.17) is 5.11 Å². The lowest BCUT2D eigenvalue weighted by molar-refractivity contribution is 0.199. The molecule has 1 N–H and O–H groups in total. The van der Waals surface area contributed by atoms with Crippen LogP contribution in [0.2, 0.25) is 0 Å². The van der Waals surface area contributed by atoms with Gasteiger partial charge in [-0.05, 0) is 25.8 Å². The number of aliphatic hydroxyl groups is 1. The third-order valence-corrected chi connectivity index (χ3v) is 1.83. The van der Waals surface area contributed by atoms with Crippen LogP contribution in [-0.4, -0.2) is 11.2 Å². The fourth-order valence-corrected chi connectivity index (χ4v) is 1.17. The van der Waals surface area contributed by atoms with Gasteiger partial charge in [0, 0.05) is 0 Å². The predicted octanol–water partition coefficient (Wildman–Crippen LogP) is 3.81. The Labute approximate surface area is 93.5 Å². The minimum atomic E-state index is -0.249. The average molecular weight is 206 g/mol. The van der Waals surface area contributed by atoms with Gasteiger partial charge in [0.25, 0.3) is 0 Å². The van der Waals surface area contributed by atoms with Gasteiger partial charge in [-0.25, -0.2) is 0 Å². The Hall–Kier alpha value is -1.08. The van der Waals surface area contributed by atoms with Gasteiger partial charge in [-0.1, -0.05) is 55.8 Å². The lowest BCUT2D eigenvalue weighted by Gasteiger charge is -1.97. The fourth-order valence-electron chi connectivity index (χ4n) is 1.17. The van der Waals surface area contributed by atoms with Crippen molar-refractivity contribution in [1.82, 2.24) is 0 Å². The van der Waals surface area contributed by atoms with Crippen LogP contribution in [0.1, 0.15) is 38.3 Å². The van der Waals surface area contributed by atoms with Crippen molar-refractivity contribution in [1.29, 1.82) is 0 Å². The zero-order chi connectivity index (χ0) is 11.7. The van der Waals surface area contributed by atoms with Gasteiger partial charge in [-0.3, -0.25) is 0 Å². The Bertz CT molecular complexity index is 287. The van der Waals surface area contributed by atoms with E-state index in [1.807, 2.05) is 32.1 Å². The molecule has 1 aromatic rings. The summed E-state index contributed by atoms with van der Waals surface area (Å²) >= 11 is 0. The second-order valence-corrected chi connectivity index (χ2v) is 3.40. The highest BCUT2D eigenvalue weighted by Gasteiger charge is 1.90. The number of hydrogen-bond donors (Lipinski definition) is 1. The number of rotatable bonds is 3. The molecule has 0 saturated heterocycles. The fraction of sp³-hybridized carbons (Fsp3) is 0.429. The minimum absolute atomic E-state index is 0.249. The average Bonchev–Trinajstić information content (AvgIpc) is 2.20. The van der Waals surface area contributed by atoms with E-state index in [0.29, 0.717) is 6.42 Å². The molecule has 1 rings (SSSR count). The summed E-state index contributed by atoms with van der Waals surface area (Å²) in [5, 5.41) is 9.03. The molecule has 0 amide bonds. The Kier molecular flexibility index (Phi) is 7.65. The lowest BCUT2D eigenvalue weighted by atomic mass is 10.1. The second-order valence-electron chi connectivity index (χ2n) is 3.40. The molecule has 0 heterocycles. The Morgan fingerprint density at radius 1 is 1.33 bits per heavy atom. The molecular formula is C14H22O. The third kappa shape index (κ3) is 6.92. The zero-order valence-electron chi connectivity index (χ0n) is 10.2. The van der Waals surface area contributed by atoms with E-state index in [1.54, 1.807) is 6.92 Å². The van der Waals surface area contributed by atoms with Gasteiger partial charge in [0.2, 0.25) is 0 Å². The van der Waals surface area contributed by atoms with Crippen LogP contribution in [0.4, 0.5) is 0 Å². The summed E-state index contributed by atoms with van der Waals surface area (Å²) in [6.45, 7) is 7.87. The van der Waals surface area contributed by atoms with E-state index < -0.39 is 0 Å². The molecular weight excluding hydrogens is 184 g/mol. The van der Waals surface area contributed by atoms with Gasteiger partial charge in [0.05, 0.1) is 6.10 Å². The number of hydrogen-bond acceptors (Lipinski definition) is 1. The molecule has 0 fully saturated rings. The van der Waals surface area contributed by atoms with Crippen LogP contribution in [0.15, 0.2) is 30.3 Å². The highest BCUT2D eigenvalue weighted by molar-refractivity contribution is 5.50. The summed E-state index contributed by atoms with van der Waals surface area (Å²) in [6, 6.07) is 8.30. The molecule has 15 heavy (non-hydrogen) atoms. The van der Waals surface area contributed by atoms with Gasteiger partial charge >= 0.3 is 0 Å². The van der Waals surface area contributed by atoms with Crippen LogP contribution >= 0.6 is 0 Å². The largest absolute Gasteiger partial charge is 0.393 e. The van der Waals surface area contributed by atoms with E-state index in [2.05, 4.69) is 25.1 Å². The normalized spacial score (nSPS) is 12.1. The van der Waals surface area contributed by atoms with Crippen molar-refractivity contribution in [2.24, 2.45) is 0 Å². The molecule has 0 aliphatic carbocycles. The number of benzene rings is 1. The van der Waals surface area contributed by atoms with Crippen molar-refractivity contribution in [3.05, 3.63) is 41.5 Å². The first-order valence-corrected chi connectivity index (χ1v) is 5.60. The first kappa shape index (κ1) is 13.9. The van der Waals surface area contributed by atoms with Crippen LogP contribution in [-0.2, 0) is 0 Å². The molecule has 0 unspecified atom stereocenters. The number of aryl methyl sites for hydroxylation is 1. The van der Waals surface area contributed by atoms with E-state index >= 15 is 0 Å². The summed E-state index contributed by atoms with van der Waals surface area (Å²) < 4.78 is 0. The first-order chi connectivity index (χ1) is 7.18. The molecule has 0 radical (unpaired) electrons. The van der Waals surface area contributed by atoms with Crippen LogP contribution in [0.5, 0.6) is 0 Å². The van der Waals surface area contributed by atoms with Crippen molar-refractivity contribution in [2.75, 3.05) is 0 Å². The van der Waals surface area contributed by atoms with Crippen LogP contribution in [0, 0.1) is 6.92 Å². The summed E-state index contributed by atoms with van der Waals surface area (Å²) in [6.07, 6.45) is 4.51. The van der Waals surface area contributed by atoms with Gasteiger partial charge in [0.15, 0.2) is 0 Å².